The molecule has 0 aliphatic carbocycles. The van der Waals surface area contributed by atoms with Crippen LogP contribution in [0.25, 0.3) is 0 Å². The molecule has 1 aromatic heterocycles. The molecule has 1 fully saturated rings. The average molecular weight is 343 g/mol. The Bertz CT molecular complexity index is 680. The molecule has 1 aliphatic rings. The summed E-state index contributed by atoms with van der Waals surface area (Å²) in [7, 11) is 0. The van der Waals surface area contributed by atoms with E-state index in [0.717, 1.165) is 5.56 Å². The summed E-state index contributed by atoms with van der Waals surface area (Å²) in [5.41, 5.74) is 7.84. The highest BCUT2D eigenvalue weighted by molar-refractivity contribution is 7.07. The van der Waals surface area contributed by atoms with Gasteiger partial charge in [0.25, 0.3) is 5.91 Å². The summed E-state index contributed by atoms with van der Waals surface area (Å²) in [5, 5.41) is 4.00. The Balaban J connectivity index is 1.53. The van der Waals surface area contributed by atoms with Crippen LogP contribution in [0.1, 0.15) is 15.9 Å². The highest BCUT2D eigenvalue weighted by atomic mass is 32.1. The number of nitrogens with two attached hydrogens (primary N) is 1. The maximum atomic E-state index is 12.5. The Kier molecular flexibility index (Phi) is 5.27. The Morgan fingerprint density at radius 2 is 1.71 bits per heavy atom. The Morgan fingerprint density at radius 1 is 1.04 bits per heavy atom. The third kappa shape index (κ3) is 3.83. The number of amides is 2. The fourth-order valence-electron chi connectivity index (χ4n) is 2.88. The molecular formula is C18H21N3O2S. The molecule has 2 aromatic rings. The highest BCUT2D eigenvalue weighted by Crippen LogP contribution is 2.12. The molecule has 1 atom stereocenters. The first-order valence-electron chi connectivity index (χ1n) is 8.05. The largest absolute Gasteiger partial charge is 0.338 e. The number of carbonyl (C=O) groups is 2. The lowest BCUT2D eigenvalue weighted by Crippen LogP contribution is -2.54. The van der Waals surface area contributed by atoms with Gasteiger partial charge in [-0.1, -0.05) is 18.2 Å². The molecule has 1 aromatic carbocycles. The molecule has 0 radical (unpaired) electrons. The first-order valence-corrected chi connectivity index (χ1v) is 8.99. The van der Waals surface area contributed by atoms with Crippen molar-refractivity contribution in [2.75, 3.05) is 26.2 Å². The summed E-state index contributed by atoms with van der Waals surface area (Å²) in [6.45, 7) is 2.17. The molecule has 0 spiro atoms. The van der Waals surface area contributed by atoms with Crippen LogP contribution in [0.5, 0.6) is 0 Å². The maximum Gasteiger partial charge on any atom is 0.253 e. The van der Waals surface area contributed by atoms with Gasteiger partial charge in [-0.05, 0) is 40.9 Å². The van der Waals surface area contributed by atoms with Gasteiger partial charge in [0.15, 0.2) is 0 Å². The van der Waals surface area contributed by atoms with Crippen LogP contribution in [-0.2, 0) is 11.2 Å². The predicted octanol–water partition coefficient (Wildman–Crippen LogP) is 1.60. The SMILES string of the molecule is NC(Cc1ccsc1)C(=O)N1CCN(C(=O)c2ccccc2)CC1. The molecule has 126 valence electrons. The van der Waals surface area contributed by atoms with Crippen LogP contribution in [0.2, 0.25) is 0 Å². The summed E-state index contributed by atoms with van der Waals surface area (Å²) < 4.78 is 0. The third-order valence-corrected chi connectivity index (χ3v) is 4.98. The van der Waals surface area contributed by atoms with E-state index in [9.17, 15) is 9.59 Å². The number of carbonyl (C=O) groups excluding carboxylic acids is 2. The van der Waals surface area contributed by atoms with Crippen molar-refractivity contribution in [2.24, 2.45) is 5.73 Å². The van der Waals surface area contributed by atoms with Gasteiger partial charge in [-0.15, -0.1) is 0 Å². The molecule has 1 aliphatic heterocycles. The Labute approximate surface area is 145 Å². The molecule has 3 rings (SSSR count). The number of rotatable bonds is 4. The van der Waals surface area contributed by atoms with Crippen molar-refractivity contribution in [3.05, 3.63) is 58.3 Å². The fraction of sp³-hybridized carbons (Fsp3) is 0.333. The zero-order valence-electron chi connectivity index (χ0n) is 13.4. The van der Waals surface area contributed by atoms with E-state index >= 15 is 0 Å². The zero-order valence-corrected chi connectivity index (χ0v) is 14.2. The smallest absolute Gasteiger partial charge is 0.253 e. The number of hydrogen-bond acceptors (Lipinski definition) is 4. The van der Waals surface area contributed by atoms with Crippen molar-refractivity contribution in [3.63, 3.8) is 0 Å². The number of piperazine rings is 1. The van der Waals surface area contributed by atoms with E-state index in [1.54, 1.807) is 21.1 Å². The van der Waals surface area contributed by atoms with Gasteiger partial charge in [0.05, 0.1) is 6.04 Å². The average Bonchev–Trinajstić information content (AvgIpc) is 3.14. The lowest BCUT2D eigenvalue weighted by atomic mass is 10.1. The molecule has 2 heterocycles. The van der Waals surface area contributed by atoms with Gasteiger partial charge < -0.3 is 15.5 Å². The standard InChI is InChI=1S/C18H21N3O2S/c19-16(12-14-6-11-24-13-14)18(23)21-9-7-20(8-10-21)17(22)15-4-2-1-3-5-15/h1-6,11,13,16H,7-10,12,19H2. The van der Waals surface area contributed by atoms with Crippen LogP contribution in [-0.4, -0.2) is 53.8 Å². The molecule has 0 saturated carbocycles. The number of thiophene rings is 1. The van der Waals surface area contributed by atoms with E-state index in [1.807, 2.05) is 47.2 Å². The minimum Gasteiger partial charge on any atom is -0.338 e. The van der Waals surface area contributed by atoms with E-state index in [1.165, 1.54) is 0 Å². The van der Waals surface area contributed by atoms with Crippen LogP contribution < -0.4 is 5.73 Å². The van der Waals surface area contributed by atoms with Crippen molar-refractivity contribution in [3.8, 4) is 0 Å². The molecule has 2 amide bonds. The van der Waals surface area contributed by atoms with E-state index in [0.29, 0.717) is 38.2 Å². The van der Waals surface area contributed by atoms with Crippen molar-refractivity contribution < 1.29 is 9.59 Å². The second-order valence-corrected chi connectivity index (χ2v) is 6.71. The zero-order chi connectivity index (χ0) is 16.9. The van der Waals surface area contributed by atoms with Gasteiger partial charge in [0, 0.05) is 31.7 Å². The van der Waals surface area contributed by atoms with E-state index in [2.05, 4.69) is 0 Å². The number of nitrogens with zero attached hydrogens (tertiary/aromatic N) is 2. The Morgan fingerprint density at radius 3 is 2.33 bits per heavy atom. The molecule has 24 heavy (non-hydrogen) atoms. The van der Waals surface area contributed by atoms with Crippen molar-refractivity contribution >= 4 is 23.2 Å². The molecule has 2 N–H and O–H groups in total. The lowest BCUT2D eigenvalue weighted by molar-refractivity contribution is -0.134. The van der Waals surface area contributed by atoms with Gasteiger partial charge in [0.2, 0.25) is 5.91 Å². The molecule has 0 bridgehead atoms. The van der Waals surface area contributed by atoms with E-state index < -0.39 is 6.04 Å². The van der Waals surface area contributed by atoms with Gasteiger partial charge in [-0.3, -0.25) is 9.59 Å². The summed E-state index contributed by atoms with van der Waals surface area (Å²) in [4.78, 5) is 28.5. The van der Waals surface area contributed by atoms with Crippen molar-refractivity contribution in [1.82, 2.24) is 9.80 Å². The highest BCUT2D eigenvalue weighted by Gasteiger charge is 2.27. The van der Waals surface area contributed by atoms with E-state index in [-0.39, 0.29) is 11.8 Å². The maximum absolute atomic E-state index is 12.5. The molecule has 6 heteroatoms. The quantitative estimate of drug-likeness (QED) is 0.917. The van der Waals surface area contributed by atoms with Crippen LogP contribution in [0, 0.1) is 0 Å². The van der Waals surface area contributed by atoms with Crippen molar-refractivity contribution in [1.29, 1.82) is 0 Å². The summed E-state index contributed by atoms with van der Waals surface area (Å²) in [5.74, 6) is -0.0155. The normalized spacial score (nSPS) is 16.0. The minimum absolute atomic E-state index is 0.0188. The summed E-state index contributed by atoms with van der Waals surface area (Å²) in [6.07, 6.45) is 0.561. The van der Waals surface area contributed by atoms with Crippen LogP contribution >= 0.6 is 11.3 Å². The van der Waals surface area contributed by atoms with Gasteiger partial charge in [-0.25, -0.2) is 0 Å². The second-order valence-electron chi connectivity index (χ2n) is 5.93. The minimum atomic E-state index is -0.518. The fourth-order valence-corrected chi connectivity index (χ4v) is 3.56. The van der Waals surface area contributed by atoms with Crippen LogP contribution in [0.4, 0.5) is 0 Å². The van der Waals surface area contributed by atoms with Gasteiger partial charge in [-0.2, -0.15) is 11.3 Å². The third-order valence-electron chi connectivity index (χ3n) is 4.25. The van der Waals surface area contributed by atoms with Crippen LogP contribution in [0.3, 0.4) is 0 Å². The molecule has 1 saturated heterocycles. The van der Waals surface area contributed by atoms with Gasteiger partial charge >= 0.3 is 0 Å². The topological polar surface area (TPSA) is 66.6 Å². The second kappa shape index (κ2) is 7.59. The number of hydrogen-bond donors (Lipinski definition) is 1. The predicted molar refractivity (Wildman–Crippen MR) is 94.9 cm³/mol. The van der Waals surface area contributed by atoms with E-state index in [4.69, 9.17) is 5.73 Å². The molecule has 1 unspecified atom stereocenters. The Hall–Kier alpha value is -2.18. The first kappa shape index (κ1) is 16.7. The lowest BCUT2D eigenvalue weighted by Gasteiger charge is -2.36. The van der Waals surface area contributed by atoms with Gasteiger partial charge in [0.1, 0.15) is 0 Å². The summed E-state index contributed by atoms with van der Waals surface area (Å²) >= 11 is 1.61. The van der Waals surface area contributed by atoms with Crippen LogP contribution in [0.15, 0.2) is 47.2 Å². The monoisotopic (exact) mass is 343 g/mol. The van der Waals surface area contributed by atoms with Crippen molar-refractivity contribution in [2.45, 2.75) is 12.5 Å². The molecule has 5 nitrogen and oxygen atoms in total. The molecular weight excluding hydrogens is 322 g/mol. The summed E-state index contributed by atoms with van der Waals surface area (Å²) in [6, 6.07) is 10.7. The number of benzene rings is 1. The first-order chi connectivity index (χ1) is 11.6.